The molecule has 0 saturated heterocycles. The van der Waals surface area contributed by atoms with Gasteiger partial charge in [0, 0.05) is 5.41 Å². The molecular weight excluding hydrogens is 136 g/mol. The average Bonchev–Trinajstić information content (AvgIpc) is 1.63. The Bertz CT molecular complexity index is 195. The molecule has 0 spiro atoms. The molecule has 0 aliphatic heterocycles. The van der Waals surface area contributed by atoms with Crippen LogP contribution in [0.5, 0.6) is 0 Å². The van der Waals surface area contributed by atoms with Crippen molar-refractivity contribution in [3.63, 3.8) is 0 Å². The van der Waals surface area contributed by atoms with Gasteiger partial charge in [0.1, 0.15) is 0 Å². The fourth-order valence-electron chi connectivity index (χ4n) is 0.442. The number of rotatable bonds is 2. The van der Waals surface area contributed by atoms with E-state index in [1.165, 1.54) is 5.41 Å². The van der Waals surface area contributed by atoms with Crippen molar-refractivity contribution < 1.29 is 8.42 Å². The third-order valence-corrected chi connectivity index (χ3v) is 2.45. The maximum atomic E-state index is 10.7. The Labute approximate surface area is 56.5 Å². The zero-order valence-corrected chi connectivity index (χ0v) is 6.83. The Hall–Kier alpha value is -0.310. The molecule has 0 heterocycles. The lowest BCUT2D eigenvalue weighted by molar-refractivity contribution is 0.605. The molecule has 0 aliphatic carbocycles. The molecule has 9 heavy (non-hydrogen) atoms. The van der Waals surface area contributed by atoms with Crippen molar-refractivity contribution in [2.75, 3.05) is 5.75 Å². The fraction of sp³-hybridized carbons (Fsp3) is 0.667. The molecule has 0 bridgehead atoms. The minimum atomic E-state index is -2.88. The maximum absolute atomic E-state index is 10.7. The predicted octanol–water partition coefficient (Wildman–Crippen LogP) is 1.34. The molecule has 0 aromatic carbocycles. The highest BCUT2D eigenvalue weighted by Gasteiger charge is 1.99. The van der Waals surface area contributed by atoms with E-state index >= 15 is 0 Å². The van der Waals surface area contributed by atoms with Crippen LogP contribution in [0.1, 0.15) is 20.8 Å². The van der Waals surface area contributed by atoms with E-state index in [1.807, 2.05) is 0 Å². The van der Waals surface area contributed by atoms with Crippen LogP contribution in [0.3, 0.4) is 0 Å². The van der Waals surface area contributed by atoms with Crippen molar-refractivity contribution in [2.24, 2.45) is 0 Å². The van der Waals surface area contributed by atoms with Crippen molar-refractivity contribution in [1.29, 1.82) is 0 Å². The highest BCUT2D eigenvalue weighted by Crippen LogP contribution is 1.97. The molecule has 0 aromatic heterocycles. The van der Waals surface area contributed by atoms with Crippen LogP contribution < -0.4 is 0 Å². The number of allylic oxidation sites excluding steroid dienone is 1. The van der Waals surface area contributed by atoms with E-state index in [4.69, 9.17) is 0 Å². The van der Waals surface area contributed by atoms with E-state index in [-0.39, 0.29) is 5.75 Å². The lowest BCUT2D eigenvalue weighted by Crippen LogP contribution is -1.97. The molecule has 0 radical (unpaired) electrons. The lowest BCUT2D eigenvalue weighted by atomic mass is 10.4. The minimum Gasteiger partial charge on any atom is -0.224 e. The van der Waals surface area contributed by atoms with Gasteiger partial charge in [-0.15, -0.1) is 0 Å². The van der Waals surface area contributed by atoms with Gasteiger partial charge in [-0.05, 0) is 13.8 Å². The van der Waals surface area contributed by atoms with E-state index < -0.39 is 9.84 Å². The first-order valence-corrected chi connectivity index (χ1v) is 4.57. The van der Waals surface area contributed by atoms with Crippen molar-refractivity contribution in [2.45, 2.75) is 20.8 Å². The quantitative estimate of drug-likeness (QED) is 0.592. The molecule has 0 aromatic rings. The molecule has 0 fully saturated rings. The monoisotopic (exact) mass is 148 g/mol. The first kappa shape index (κ1) is 8.69. The van der Waals surface area contributed by atoms with Crippen LogP contribution >= 0.6 is 0 Å². The summed E-state index contributed by atoms with van der Waals surface area (Å²) in [6.07, 6.45) is 0. The molecule has 0 unspecified atom stereocenters. The molecular formula is C6H12O2S. The summed E-state index contributed by atoms with van der Waals surface area (Å²) in [6.45, 7) is 5.18. The summed E-state index contributed by atoms with van der Waals surface area (Å²) < 4.78 is 21.5. The van der Waals surface area contributed by atoms with Gasteiger partial charge in [-0.3, -0.25) is 0 Å². The van der Waals surface area contributed by atoms with E-state index in [2.05, 4.69) is 0 Å². The number of sulfone groups is 1. The molecule has 54 valence electrons. The van der Waals surface area contributed by atoms with Crippen LogP contribution in [0.15, 0.2) is 11.0 Å². The van der Waals surface area contributed by atoms with Gasteiger partial charge in [-0.25, -0.2) is 8.42 Å². The fourth-order valence-corrected chi connectivity index (χ4v) is 1.33. The van der Waals surface area contributed by atoms with Crippen LogP contribution in [0.2, 0.25) is 0 Å². The van der Waals surface area contributed by atoms with Gasteiger partial charge in [0.2, 0.25) is 0 Å². The van der Waals surface area contributed by atoms with Gasteiger partial charge in [-0.1, -0.05) is 12.5 Å². The van der Waals surface area contributed by atoms with Gasteiger partial charge < -0.3 is 0 Å². The molecule has 0 rings (SSSR count). The second-order valence-electron chi connectivity index (χ2n) is 2.15. The molecule has 0 saturated carbocycles. The van der Waals surface area contributed by atoms with Crippen molar-refractivity contribution in [1.82, 2.24) is 0 Å². The molecule has 3 heteroatoms. The van der Waals surface area contributed by atoms with Crippen LogP contribution in [0, 0.1) is 0 Å². The first-order valence-electron chi connectivity index (χ1n) is 2.85. The SMILES string of the molecule is CCS(=O)(=O)C=C(C)C. The summed E-state index contributed by atoms with van der Waals surface area (Å²) in [5.74, 6) is 0.193. The third-order valence-electron chi connectivity index (χ3n) is 0.818. The number of hydrogen-bond donors (Lipinski definition) is 0. The summed E-state index contributed by atoms with van der Waals surface area (Å²) >= 11 is 0. The van der Waals surface area contributed by atoms with Gasteiger partial charge in [0.15, 0.2) is 9.84 Å². The highest BCUT2D eigenvalue weighted by atomic mass is 32.2. The Morgan fingerprint density at radius 3 is 2.00 bits per heavy atom. The van der Waals surface area contributed by atoms with Crippen LogP contribution in [-0.4, -0.2) is 14.2 Å². The second-order valence-corrected chi connectivity index (χ2v) is 4.29. The largest absolute Gasteiger partial charge is 0.224 e. The van der Waals surface area contributed by atoms with Crippen molar-refractivity contribution in [3.8, 4) is 0 Å². The normalized spacial score (nSPS) is 11.0. The van der Waals surface area contributed by atoms with Crippen LogP contribution in [0.25, 0.3) is 0 Å². The van der Waals surface area contributed by atoms with Gasteiger partial charge in [0.05, 0.1) is 5.75 Å². The summed E-state index contributed by atoms with van der Waals surface area (Å²) in [4.78, 5) is 0. The van der Waals surface area contributed by atoms with E-state index in [9.17, 15) is 8.42 Å². The summed E-state index contributed by atoms with van der Waals surface area (Å²) in [5, 5.41) is 1.30. The predicted molar refractivity (Wildman–Crippen MR) is 38.9 cm³/mol. The Morgan fingerprint density at radius 1 is 1.44 bits per heavy atom. The minimum absolute atomic E-state index is 0.193. The Balaban J connectivity index is 4.41. The second kappa shape index (κ2) is 3.01. The molecule has 0 atom stereocenters. The van der Waals surface area contributed by atoms with Crippen LogP contribution in [0.4, 0.5) is 0 Å². The van der Waals surface area contributed by atoms with E-state index in [0.29, 0.717) is 0 Å². The van der Waals surface area contributed by atoms with Gasteiger partial charge >= 0.3 is 0 Å². The number of hydrogen-bond acceptors (Lipinski definition) is 2. The third kappa shape index (κ3) is 4.21. The Kier molecular flexibility index (Phi) is 2.91. The molecule has 0 aliphatic rings. The van der Waals surface area contributed by atoms with E-state index in [1.54, 1.807) is 20.8 Å². The average molecular weight is 148 g/mol. The lowest BCUT2D eigenvalue weighted by Gasteiger charge is -1.91. The Morgan fingerprint density at radius 2 is 1.89 bits per heavy atom. The summed E-state index contributed by atoms with van der Waals surface area (Å²) in [5.41, 5.74) is 0.830. The smallest absolute Gasteiger partial charge is 0.171 e. The molecule has 0 N–H and O–H groups in total. The topological polar surface area (TPSA) is 34.1 Å². The van der Waals surface area contributed by atoms with Crippen molar-refractivity contribution in [3.05, 3.63) is 11.0 Å². The maximum Gasteiger partial charge on any atom is 0.171 e. The zero-order chi connectivity index (χ0) is 7.49. The first-order chi connectivity index (χ1) is 3.98. The highest BCUT2D eigenvalue weighted by molar-refractivity contribution is 7.94. The summed E-state index contributed by atoms with van der Waals surface area (Å²) in [7, 11) is -2.88. The standard InChI is InChI=1S/C6H12O2S/c1-4-9(7,8)5-6(2)3/h5H,4H2,1-3H3. The van der Waals surface area contributed by atoms with E-state index in [0.717, 1.165) is 5.57 Å². The van der Waals surface area contributed by atoms with Crippen molar-refractivity contribution >= 4 is 9.84 Å². The van der Waals surface area contributed by atoms with Gasteiger partial charge in [-0.2, -0.15) is 0 Å². The van der Waals surface area contributed by atoms with Crippen LogP contribution in [-0.2, 0) is 9.84 Å². The van der Waals surface area contributed by atoms with Gasteiger partial charge in [0.25, 0.3) is 0 Å². The molecule has 0 amide bonds. The molecule has 2 nitrogen and oxygen atoms in total. The zero-order valence-electron chi connectivity index (χ0n) is 6.01. The summed E-state index contributed by atoms with van der Waals surface area (Å²) in [6, 6.07) is 0.